The molecular formula is C11H14N4O3. The summed E-state index contributed by atoms with van der Waals surface area (Å²) in [6, 6.07) is 2.93. The van der Waals surface area contributed by atoms with Gasteiger partial charge in [-0.3, -0.25) is 14.9 Å². The third-order valence-electron chi connectivity index (χ3n) is 2.80. The number of nitrogens with two attached hydrogens (primary N) is 1. The predicted molar refractivity (Wildman–Crippen MR) is 67.6 cm³/mol. The van der Waals surface area contributed by atoms with Crippen molar-refractivity contribution >= 4 is 23.0 Å². The number of rotatable bonds is 4. The highest BCUT2D eigenvalue weighted by Crippen LogP contribution is 2.34. The summed E-state index contributed by atoms with van der Waals surface area (Å²) in [4.78, 5) is 21.8. The number of nitrogens with zero attached hydrogens (tertiary/aromatic N) is 1. The molecule has 0 radical (unpaired) electrons. The summed E-state index contributed by atoms with van der Waals surface area (Å²) in [5, 5.41) is 16.6. The molecule has 7 heteroatoms. The number of hydrogen-bond acceptors (Lipinski definition) is 5. The van der Waals surface area contributed by atoms with E-state index in [2.05, 4.69) is 10.6 Å². The highest BCUT2D eigenvalue weighted by Gasteiger charge is 2.24. The molecule has 0 aliphatic carbocycles. The van der Waals surface area contributed by atoms with Crippen LogP contribution in [0, 0.1) is 10.1 Å². The van der Waals surface area contributed by atoms with Crippen LogP contribution < -0.4 is 16.4 Å². The van der Waals surface area contributed by atoms with Crippen molar-refractivity contribution in [1.29, 1.82) is 0 Å². The SMILES string of the molecule is CC(CN)Nc1cc2c(cc1[N+](=O)[O-])CC(=O)N2. The first-order chi connectivity index (χ1) is 8.51. The van der Waals surface area contributed by atoms with Gasteiger partial charge in [0, 0.05) is 24.3 Å². The molecule has 0 spiro atoms. The Bertz CT molecular complexity index is 515. The van der Waals surface area contributed by atoms with E-state index in [1.807, 2.05) is 6.92 Å². The van der Waals surface area contributed by atoms with Gasteiger partial charge in [-0.15, -0.1) is 0 Å². The van der Waals surface area contributed by atoms with Crippen LogP contribution in [-0.2, 0) is 11.2 Å². The van der Waals surface area contributed by atoms with Crippen LogP contribution in [0.2, 0.25) is 0 Å². The monoisotopic (exact) mass is 250 g/mol. The Kier molecular flexibility index (Phi) is 3.15. The minimum absolute atomic E-state index is 0.0365. The molecule has 0 fully saturated rings. The summed E-state index contributed by atoms with van der Waals surface area (Å²) < 4.78 is 0. The average Bonchev–Trinajstić information content (AvgIpc) is 2.66. The summed E-state index contributed by atoms with van der Waals surface area (Å²) in [5.74, 6) is -0.150. The number of anilines is 2. The summed E-state index contributed by atoms with van der Waals surface area (Å²) in [6.45, 7) is 2.19. The fraction of sp³-hybridized carbons (Fsp3) is 0.364. The van der Waals surface area contributed by atoms with Crippen molar-refractivity contribution in [2.75, 3.05) is 17.2 Å². The van der Waals surface area contributed by atoms with Crippen LogP contribution in [-0.4, -0.2) is 23.4 Å². The van der Waals surface area contributed by atoms with Crippen molar-refractivity contribution < 1.29 is 9.72 Å². The molecule has 1 amide bonds. The molecule has 1 aliphatic rings. The summed E-state index contributed by atoms with van der Waals surface area (Å²) >= 11 is 0. The molecule has 1 heterocycles. The van der Waals surface area contributed by atoms with E-state index in [-0.39, 0.29) is 24.1 Å². The smallest absolute Gasteiger partial charge is 0.292 e. The fourth-order valence-electron chi connectivity index (χ4n) is 1.85. The number of nitro benzene ring substituents is 1. The van der Waals surface area contributed by atoms with Gasteiger partial charge >= 0.3 is 0 Å². The second-order valence-corrected chi connectivity index (χ2v) is 4.29. The number of benzene rings is 1. The maximum Gasteiger partial charge on any atom is 0.292 e. The second kappa shape index (κ2) is 4.61. The Morgan fingerprint density at radius 2 is 2.33 bits per heavy atom. The average molecular weight is 250 g/mol. The van der Waals surface area contributed by atoms with Crippen molar-refractivity contribution in [3.63, 3.8) is 0 Å². The molecule has 4 N–H and O–H groups in total. The Balaban J connectivity index is 2.41. The topological polar surface area (TPSA) is 110 Å². The third kappa shape index (κ3) is 2.25. The quantitative estimate of drug-likeness (QED) is 0.542. The molecule has 0 aromatic heterocycles. The molecule has 1 aromatic carbocycles. The molecule has 1 unspecified atom stereocenters. The largest absolute Gasteiger partial charge is 0.376 e. The van der Waals surface area contributed by atoms with E-state index in [0.29, 0.717) is 23.5 Å². The Labute approximate surface area is 104 Å². The lowest BCUT2D eigenvalue weighted by Gasteiger charge is -2.14. The van der Waals surface area contributed by atoms with E-state index in [9.17, 15) is 14.9 Å². The van der Waals surface area contributed by atoms with Gasteiger partial charge in [-0.1, -0.05) is 0 Å². The van der Waals surface area contributed by atoms with E-state index in [1.54, 1.807) is 6.07 Å². The summed E-state index contributed by atoms with van der Waals surface area (Å²) in [5.41, 5.74) is 7.09. The highest BCUT2D eigenvalue weighted by molar-refractivity contribution is 6.00. The lowest BCUT2D eigenvalue weighted by Crippen LogP contribution is -2.25. The van der Waals surface area contributed by atoms with Crippen LogP contribution in [0.25, 0.3) is 0 Å². The van der Waals surface area contributed by atoms with E-state index < -0.39 is 4.92 Å². The lowest BCUT2D eigenvalue weighted by molar-refractivity contribution is -0.384. The Morgan fingerprint density at radius 1 is 1.61 bits per heavy atom. The zero-order chi connectivity index (χ0) is 13.3. The highest BCUT2D eigenvalue weighted by atomic mass is 16.6. The predicted octanol–water partition coefficient (Wildman–Crippen LogP) is 0.848. The lowest BCUT2D eigenvalue weighted by atomic mass is 10.1. The van der Waals surface area contributed by atoms with Crippen molar-refractivity contribution in [1.82, 2.24) is 0 Å². The van der Waals surface area contributed by atoms with Crippen molar-refractivity contribution in [3.8, 4) is 0 Å². The van der Waals surface area contributed by atoms with Crippen molar-refractivity contribution in [2.24, 2.45) is 5.73 Å². The number of carbonyl (C=O) groups excluding carboxylic acids is 1. The van der Waals surface area contributed by atoms with E-state index in [0.717, 1.165) is 0 Å². The first kappa shape index (κ1) is 12.3. The Morgan fingerprint density at radius 3 is 2.94 bits per heavy atom. The van der Waals surface area contributed by atoms with Crippen molar-refractivity contribution in [2.45, 2.75) is 19.4 Å². The van der Waals surface area contributed by atoms with Crippen LogP contribution in [0.3, 0.4) is 0 Å². The van der Waals surface area contributed by atoms with Crippen molar-refractivity contribution in [3.05, 3.63) is 27.8 Å². The van der Waals surface area contributed by atoms with Gasteiger partial charge in [0.1, 0.15) is 5.69 Å². The first-order valence-electron chi connectivity index (χ1n) is 5.59. The molecule has 7 nitrogen and oxygen atoms in total. The standard InChI is InChI=1S/C11H14N4O3/c1-6(5-12)13-9-4-8-7(3-11(16)14-8)2-10(9)15(17)18/h2,4,6,13H,3,5,12H2,1H3,(H,14,16). The molecule has 18 heavy (non-hydrogen) atoms. The molecular weight excluding hydrogens is 236 g/mol. The second-order valence-electron chi connectivity index (χ2n) is 4.29. The normalized spacial score (nSPS) is 14.9. The Hall–Kier alpha value is -2.15. The van der Waals surface area contributed by atoms with Gasteiger partial charge in [0.2, 0.25) is 5.91 Å². The van der Waals surface area contributed by atoms with Gasteiger partial charge in [0.05, 0.1) is 11.3 Å². The number of fused-ring (bicyclic) bond motifs is 1. The van der Waals surface area contributed by atoms with Crippen LogP contribution in [0.15, 0.2) is 12.1 Å². The molecule has 1 aromatic rings. The van der Waals surface area contributed by atoms with Crippen LogP contribution >= 0.6 is 0 Å². The zero-order valence-corrected chi connectivity index (χ0v) is 9.90. The first-order valence-corrected chi connectivity index (χ1v) is 5.59. The van der Waals surface area contributed by atoms with Gasteiger partial charge < -0.3 is 16.4 Å². The van der Waals surface area contributed by atoms with Gasteiger partial charge in [-0.2, -0.15) is 0 Å². The van der Waals surface area contributed by atoms with E-state index in [4.69, 9.17) is 5.73 Å². The third-order valence-corrected chi connectivity index (χ3v) is 2.80. The molecule has 2 rings (SSSR count). The number of hydrogen-bond donors (Lipinski definition) is 3. The van der Waals surface area contributed by atoms with E-state index in [1.165, 1.54) is 6.07 Å². The molecule has 1 aliphatic heterocycles. The maximum atomic E-state index is 11.2. The molecule has 1 atom stereocenters. The zero-order valence-electron chi connectivity index (χ0n) is 9.90. The summed E-state index contributed by atoms with van der Waals surface area (Å²) in [6.07, 6.45) is 0.183. The molecule has 0 saturated carbocycles. The maximum absolute atomic E-state index is 11.2. The fourth-order valence-corrected chi connectivity index (χ4v) is 1.85. The van der Waals surface area contributed by atoms with Gasteiger partial charge in [0.25, 0.3) is 5.69 Å². The summed E-state index contributed by atoms with van der Waals surface area (Å²) in [7, 11) is 0. The molecule has 0 bridgehead atoms. The van der Waals surface area contributed by atoms with Gasteiger partial charge in [-0.05, 0) is 18.6 Å². The molecule has 96 valence electrons. The minimum Gasteiger partial charge on any atom is -0.376 e. The van der Waals surface area contributed by atoms with E-state index >= 15 is 0 Å². The number of carbonyl (C=O) groups is 1. The van der Waals surface area contributed by atoms with Crippen LogP contribution in [0.5, 0.6) is 0 Å². The minimum atomic E-state index is -0.464. The number of nitrogens with one attached hydrogen (secondary N) is 2. The van der Waals surface area contributed by atoms with Gasteiger partial charge in [0.15, 0.2) is 0 Å². The molecule has 0 saturated heterocycles. The number of amides is 1. The van der Waals surface area contributed by atoms with Crippen LogP contribution in [0.4, 0.5) is 17.1 Å². The number of nitro groups is 1. The van der Waals surface area contributed by atoms with Crippen LogP contribution in [0.1, 0.15) is 12.5 Å². The van der Waals surface area contributed by atoms with Gasteiger partial charge in [-0.25, -0.2) is 0 Å².